The Morgan fingerprint density at radius 1 is 1.03 bits per heavy atom. The SMILES string of the molecule is CCOCCOc1ccc(S(=O)(=O)N2CCC(n3c(=O)[nH]c4ccccc43)CC2)cc1. The first kappa shape index (κ1) is 21.6. The summed E-state index contributed by atoms with van der Waals surface area (Å²) in [7, 11) is -3.59. The number of H-pyrrole nitrogens is 1. The first-order valence-electron chi connectivity index (χ1n) is 10.5. The van der Waals surface area contributed by atoms with Gasteiger partial charge in [0, 0.05) is 25.7 Å². The second kappa shape index (κ2) is 9.25. The Hall–Kier alpha value is -2.62. The van der Waals surface area contributed by atoms with Crippen molar-refractivity contribution in [2.75, 3.05) is 32.9 Å². The summed E-state index contributed by atoms with van der Waals surface area (Å²) in [6, 6.07) is 14.0. The number of fused-ring (bicyclic) bond motifs is 1. The van der Waals surface area contributed by atoms with E-state index in [-0.39, 0.29) is 16.6 Å². The lowest BCUT2D eigenvalue weighted by Crippen LogP contribution is -2.40. The quantitative estimate of drug-likeness (QED) is 0.538. The van der Waals surface area contributed by atoms with Crippen LogP contribution in [0.2, 0.25) is 0 Å². The number of aromatic nitrogens is 2. The van der Waals surface area contributed by atoms with E-state index in [1.165, 1.54) is 4.31 Å². The number of hydrogen-bond donors (Lipinski definition) is 1. The summed E-state index contributed by atoms with van der Waals surface area (Å²) in [5.41, 5.74) is 1.50. The zero-order valence-electron chi connectivity index (χ0n) is 17.5. The van der Waals surface area contributed by atoms with Crippen LogP contribution in [0.25, 0.3) is 11.0 Å². The number of imidazole rings is 1. The normalized spacial score (nSPS) is 16.0. The van der Waals surface area contributed by atoms with Gasteiger partial charge in [-0.05, 0) is 56.2 Å². The van der Waals surface area contributed by atoms with Crippen molar-refractivity contribution < 1.29 is 17.9 Å². The van der Waals surface area contributed by atoms with Crippen LogP contribution in [-0.4, -0.2) is 55.2 Å². The second-order valence-electron chi connectivity index (χ2n) is 7.47. The van der Waals surface area contributed by atoms with Crippen molar-refractivity contribution in [3.05, 3.63) is 59.0 Å². The topological polar surface area (TPSA) is 93.6 Å². The Kier molecular flexibility index (Phi) is 6.45. The van der Waals surface area contributed by atoms with Crippen LogP contribution in [-0.2, 0) is 14.8 Å². The highest BCUT2D eigenvalue weighted by molar-refractivity contribution is 7.89. The minimum absolute atomic E-state index is 0.0313. The molecule has 1 fully saturated rings. The second-order valence-corrected chi connectivity index (χ2v) is 9.41. The third kappa shape index (κ3) is 4.53. The molecule has 8 nitrogen and oxygen atoms in total. The fourth-order valence-corrected chi connectivity index (χ4v) is 5.47. The molecule has 31 heavy (non-hydrogen) atoms. The van der Waals surface area contributed by atoms with Gasteiger partial charge in [-0.25, -0.2) is 13.2 Å². The number of sulfonamides is 1. The van der Waals surface area contributed by atoms with Crippen LogP contribution in [0.1, 0.15) is 25.8 Å². The maximum Gasteiger partial charge on any atom is 0.326 e. The lowest BCUT2D eigenvalue weighted by atomic mass is 10.1. The summed E-state index contributed by atoms with van der Waals surface area (Å²) in [6.07, 6.45) is 1.17. The molecular weight excluding hydrogens is 418 g/mol. The minimum Gasteiger partial charge on any atom is -0.491 e. The summed E-state index contributed by atoms with van der Waals surface area (Å²) in [5, 5.41) is 0. The van der Waals surface area contributed by atoms with Crippen LogP contribution in [0.3, 0.4) is 0 Å². The molecule has 0 amide bonds. The Balaban J connectivity index is 1.42. The maximum atomic E-state index is 13.1. The van der Waals surface area contributed by atoms with Gasteiger partial charge in [0.2, 0.25) is 10.0 Å². The summed E-state index contributed by atoms with van der Waals surface area (Å²) < 4.78 is 40.2. The number of aromatic amines is 1. The number of rotatable bonds is 8. The summed E-state index contributed by atoms with van der Waals surface area (Å²) in [5.74, 6) is 0.607. The molecule has 1 aliphatic heterocycles. The van der Waals surface area contributed by atoms with E-state index in [1.54, 1.807) is 28.8 Å². The molecule has 3 aromatic rings. The Morgan fingerprint density at radius 3 is 2.45 bits per heavy atom. The van der Waals surface area contributed by atoms with Crippen molar-refractivity contribution in [3.8, 4) is 5.75 Å². The van der Waals surface area contributed by atoms with Gasteiger partial charge < -0.3 is 14.5 Å². The smallest absolute Gasteiger partial charge is 0.326 e. The lowest BCUT2D eigenvalue weighted by Gasteiger charge is -2.31. The van der Waals surface area contributed by atoms with E-state index >= 15 is 0 Å². The molecule has 1 aliphatic rings. The summed E-state index contributed by atoms with van der Waals surface area (Å²) in [4.78, 5) is 15.6. The monoisotopic (exact) mass is 445 g/mol. The van der Waals surface area contributed by atoms with Crippen LogP contribution in [0.15, 0.2) is 58.2 Å². The van der Waals surface area contributed by atoms with Gasteiger partial charge in [-0.1, -0.05) is 12.1 Å². The summed E-state index contributed by atoms with van der Waals surface area (Å²) >= 11 is 0. The van der Waals surface area contributed by atoms with Crippen LogP contribution < -0.4 is 10.4 Å². The molecule has 0 saturated carbocycles. The number of piperidine rings is 1. The van der Waals surface area contributed by atoms with E-state index < -0.39 is 10.0 Å². The largest absolute Gasteiger partial charge is 0.491 e. The average molecular weight is 446 g/mol. The third-order valence-corrected chi connectivity index (χ3v) is 7.49. The van der Waals surface area contributed by atoms with Crippen LogP contribution in [0, 0.1) is 0 Å². The Morgan fingerprint density at radius 2 is 1.74 bits per heavy atom. The van der Waals surface area contributed by atoms with Crippen molar-refractivity contribution >= 4 is 21.1 Å². The predicted molar refractivity (Wildman–Crippen MR) is 118 cm³/mol. The van der Waals surface area contributed by atoms with Gasteiger partial charge in [0.15, 0.2) is 0 Å². The molecule has 0 unspecified atom stereocenters. The van der Waals surface area contributed by atoms with Gasteiger partial charge in [0.05, 0.1) is 22.5 Å². The van der Waals surface area contributed by atoms with Crippen molar-refractivity contribution in [1.82, 2.24) is 13.9 Å². The highest BCUT2D eigenvalue weighted by Gasteiger charge is 2.31. The maximum absolute atomic E-state index is 13.1. The first-order chi connectivity index (χ1) is 15.0. The number of para-hydroxylation sites is 2. The third-order valence-electron chi connectivity index (χ3n) is 5.57. The van der Waals surface area contributed by atoms with Crippen molar-refractivity contribution in [2.24, 2.45) is 0 Å². The highest BCUT2D eigenvalue weighted by Crippen LogP contribution is 2.28. The van der Waals surface area contributed by atoms with Crippen LogP contribution in [0.4, 0.5) is 0 Å². The molecule has 2 aromatic carbocycles. The number of nitrogens with zero attached hydrogens (tertiary/aromatic N) is 2. The van der Waals surface area contributed by atoms with Gasteiger partial charge >= 0.3 is 5.69 Å². The fraction of sp³-hybridized carbons (Fsp3) is 0.409. The molecule has 0 spiro atoms. The molecule has 0 radical (unpaired) electrons. The van der Waals surface area contributed by atoms with Gasteiger partial charge in [-0.15, -0.1) is 0 Å². The van der Waals surface area contributed by atoms with Gasteiger partial charge in [-0.3, -0.25) is 4.57 Å². The number of benzene rings is 2. The van der Waals surface area contributed by atoms with E-state index in [9.17, 15) is 13.2 Å². The minimum atomic E-state index is -3.59. The number of ether oxygens (including phenoxy) is 2. The van der Waals surface area contributed by atoms with E-state index in [0.29, 0.717) is 51.5 Å². The van der Waals surface area contributed by atoms with Crippen molar-refractivity contribution in [3.63, 3.8) is 0 Å². The Labute approximate surface area is 181 Å². The number of hydrogen-bond acceptors (Lipinski definition) is 5. The molecule has 166 valence electrons. The van der Waals surface area contributed by atoms with Gasteiger partial charge in [0.25, 0.3) is 0 Å². The Bertz CT molecular complexity index is 1180. The molecule has 1 saturated heterocycles. The highest BCUT2D eigenvalue weighted by atomic mass is 32.2. The van der Waals surface area contributed by atoms with E-state index in [0.717, 1.165) is 11.0 Å². The van der Waals surface area contributed by atoms with E-state index in [4.69, 9.17) is 9.47 Å². The standard InChI is InChI=1S/C22H27N3O5S/c1-2-29-15-16-30-18-7-9-19(10-8-18)31(27,28)24-13-11-17(12-14-24)25-21-6-4-3-5-20(21)23-22(25)26/h3-10,17H,2,11-16H2,1H3,(H,23,26). The molecule has 0 aliphatic carbocycles. The fourth-order valence-electron chi connectivity index (χ4n) is 4.00. The zero-order valence-corrected chi connectivity index (χ0v) is 18.3. The van der Waals surface area contributed by atoms with E-state index in [2.05, 4.69) is 4.98 Å². The molecular formula is C22H27N3O5S. The molecule has 9 heteroatoms. The van der Waals surface area contributed by atoms with Crippen molar-refractivity contribution in [2.45, 2.75) is 30.7 Å². The van der Waals surface area contributed by atoms with Gasteiger partial charge in [-0.2, -0.15) is 4.31 Å². The zero-order chi connectivity index (χ0) is 21.8. The number of nitrogens with one attached hydrogen (secondary N) is 1. The predicted octanol–water partition coefficient (Wildman–Crippen LogP) is 2.77. The van der Waals surface area contributed by atoms with Gasteiger partial charge in [0.1, 0.15) is 12.4 Å². The molecule has 0 bridgehead atoms. The molecule has 0 atom stereocenters. The molecule has 1 N–H and O–H groups in total. The van der Waals surface area contributed by atoms with Crippen LogP contribution >= 0.6 is 0 Å². The molecule has 2 heterocycles. The summed E-state index contributed by atoms with van der Waals surface area (Å²) in [6.45, 7) is 4.19. The van der Waals surface area contributed by atoms with Crippen LogP contribution in [0.5, 0.6) is 5.75 Å². The molecule has 1 aromatic heterocycles. The average Bonchev–Trinajstić information content (AvgIpc) is 3.13. The molecule has 4 rings (SSSR count). The van der Waals surface area contributed by atoms with E-state index in [1.807, 2.05) is 31.2 Å². The lowest BCUT2D eigenvalue weighted by molar-refractivity contribution is 0.110. The first-order valence-corrected chi connectivity index (χ1v) is 11.9. The van der Waals surface area contributed by atoms with Crippen molar-refractivity contribution in [1.29, 1.82) is 0 Å².